The minimum Gasteiger partial charge on any atom is -0.385 e. The van der Waals surface area contributed by atoms with Gasteiger partial charge in [0.2, 0.25) is 0 Å². The number of thiophene rings is 1. The number of hydrogen-bond acceptors (Lipinski definition) is 7. The van der Waals surface area contributed by atoms with Crippen LogP contribution in [0.3, 0.4) is 0 Å². The Morgan fingerprint density at radius 2 is 2.12 bits per heavy atom. The van der Waals surface area contributed by atoms with E-state index in [1.807, 2.05) is 29.7 Å². The minimum absolute atomic E-state index is 0.563. The van der Waals surface area contributed by atoms with Crippen LogP contribution in [0.1, 0.15) is 22.4 Å². The number of aromatic nitrogens is 4. The second-order valence-electron chi connectivity index (χ2n) is 6.76. The molecule has 4 heterocycles. The van der Waals surface area contributed by atoms with Gasteiger partial charge < -0.3 is 14.9 Å². The second kappa shape index (κ2) is 6.36. The fraction of sp³-hybridized carbons (Fsp3) is 0.471. The molecule has 4 rings (SSSR count). The molecule has 0 aromatic carbocycles. The van der Waals surface area contributed by atoms with E-state index in [9.17, 15) is 5.11 Å². The van der Waals surface area contributed by atoms with E-state index in [4.69, 9.17) is 0 Å². The maximum absolute atomic E-state index is 10.3. The van der Waals surface area contributed by atoms with Gasteiger partial charge in [0.05, 0.1) is 29.9 Å². The fourth-order valence-electron chi connectivity index (χ4n) is 3.29. The molecule has 0 saturated heterocycles. The number of aliphatic hydroxyl groups is 1. The molecule has 1 aliphatic heterocycles. The van der Waals surface area contributed by atoms with E-state index < -0.39 is 6.10 Å². The Hall–Kier alpha value is -2.03. The first kappa shape index (κ1) is 16.4. The van der Waals surface area contributed by atoms with Crippen molar-refractivity contribution < 1.29 is 5.11 Å². The van der Waals surface area contributed by atoms with Crippen molar-refractivity contribution in [3.8, 4) is 0 Å². The van der Waals surface area contributed by atoms with Crippen LogP contribution in [0.15, 0.2) is 18.5 Å². The fourth-order valence-corrected chi connectivity index (χ4v) is 4.13. The van der Waals surface area contributed by atoms with Crippen LogP contribution < -0.4 is 4.90 Å². The number of aliphatic hydroxyl groups excluding tert-OH is 1. The number of hydrogen-bond donors (Lipinski definition) is 1. The molecule has 0 unspecified atom stereocenters. The first-order valence-electron chi connectivity index (χ1n) is 8.37. The summed E-state index contributed by atoms with van der Waals surface area (Å²) in [5, 5.41) is 16.0. The van der Waals surface area contributed by atoms with Gasteiger partial charge in [0, 0.05) is 18.0 Å². The highest BCUT2D eigenvalue weighted by Crippen LogP contribution is 2.31. The van der Waals surface area contributed by atoms with Crippen LogP contribution in [0.2, 0.25) is 0 Å². The quantitative estimate of drug-likeness (QED) is 0.767. The van der Waals surface area contributed by atoms with Crippen LogP contribution in [-0.2, 0) is 13.1 Å². The topological polar surface area (TPSA) is 70.3 Å². The number of aryl methyl sites for hydroxylation is 1. The van der Waals surface area contributed by atoms with Crippen LogP contribution >= 0.6 is 11.3 Å². The molecule has 8 heteroatoms. The van der Waals surface area contributed by atoms with Gasteiger partial charge in [-0.2, -0.15) is 5.10 Å². The molecule has 1 N–H and O–H groups in total. The summed E-state index contributed by atoms with van der Waals surface area (Å²) in [6.45, 7) is 5.04. The van der Waals surface area contributed by atoms with Gasteiger partial charge >= 0.3 is 0 Å². The molecule has 25 heavy (non-hydrogen) atoms. The molecule has 3 aromatic rings. The Kier molecular flexibility index (Phi) is 4.18. The van der Waals surface area contributed by atoms with Crippen molar-refractivity contribution in [2.45, 2.75) is 26.1 Å². The average molecular weight is 358 g/mol. The summed E-state index contributed by atoms with van der Waals surface area (Å²) in [7, 11) is 3.90. The van der Waals surface area contributed by atoms with Gasteiger partial charge in [-0.05, 0) is 33.2 Å². The zero-order valence-electron chi connectivity index (χ0n) is 14.7. The third-order valence-electron chi connectivity index (χ3n) is 4.43. The molecule has 0 spiro atoms. The molecule has 1 atom stereocenters. The van der Waals surface area contributed by atoms with Crippen LogP contribution in [-0.4, -0.2) is 56.9 Å². The Morgan fingerprint density at radius 3 is 2.92 bits per heavy atom. The number of likely N-dealkylation sites (N-methyl/N-ethyl adjacent to an activating group) is 1. The molecule has 132 valence electrons. The lowest BCUT2D eigenvalue weighted by Gasteiger charge is -2.28. The molecule has 0 radical (unpaired) electrons. The van der Waals surface area contributed by atoms with Gasteiger partial charge in [-0.1, -0.05) is 0 Å². The van der Waals surface area contributed by atoms with Crippen molar-refractivity contribution in [2.75, 3.05) is 32.1 Å². The van der Waals surface area contributed by atoms with Crippen LogP contribution in [0.25, 0.3) is 10.2 Å². The van der Waals surface area contributed by atoms with Gasteiger partial charge in [-0.25, -0.2) is 9.97 Å². The van der Waals surface area contributed by atoms with E-state index in [2.05, 4.69) is 33.0 Å². The van der Waals surface area contributed by atoms with Crippen molar-refractivity contribution in [1.29, 1.82) is 0 Å². The van der Waals surface area contributed by atoms with E-state index in [0.717, 1.165) is 47.1 Å². The molecule has 7 nitrogen and oxygen atoms in total. The van der Waals surface area contributed by atoms with Gasteiger partial charge in [-0.15, -0.1) is 11.3 Å². The highest BCUT2D eigenvalue weighted by molar-refractivity contribution is 7.18. The number of anilines is 1. The molecule has 0 bridgehead atoms. The van der Waals surface area contributed by atoms with Gasteiger partial charge in [0.25, 0.3) is 0 Å². The van der Waals surface area contributed by atoms with Crippen LogP contribution in [0, 0.1) is 6.92 Å². The maximum Gasteiger partial charge on any atom is 0.141 e. The largest absolute Gasteiger partial charge is 0.385 e. The summed E-state index contributed by atoms with van der Waals surface area (Å²) in [5.74, 6) is 0.984. The third kappa shape index (κ3) is 3.12. The smallest absolute Gasteiger partial charge is 0.141 e. The van der Waals surface area contributed by atoms with Gasteiger partial charge in [0.1, 0.15) is 23.1 Å². The van der Waals surface area contributed by atoms with Crippen molar-refractivity contribution in [3.05, 3.63) is 34.7 Å². The Labute approximate surface area is 150 Å². The highest BCUT2D eigenvalue weighted by Gasteiger charge is 2.23. The molecule has 3 aromatic heterocycles. The molecule has 0 saturated carbocycles. The van der Waals surface area contributed by atoms with Crippen molar-refractivity contribution in [1.82, 2.24) is 24.6 Å². The second-order valence-corrected chi connectivity index (χ2v) is 7.99. The Balaban J connectivity index is 1.61. The van der Waals surface area contributed by atoms with E-state index in [-0.39, 0.29) is 0 Å². The molecular formula is C17H22N6OS. The lowest BCUT2D eigenvalue weighted by atomic mass is 10.2. The number of fused-ring (bicyclic) bond motifs is 2. The standard InChI is InChI=1S/C17H22N6OS/c1-11-6-13-16(18-10-19-17(13)25-11)22-4-5-23-12(8-22)7-14(20-23)15(24)9-21(2)3/h6-7,10,15,24H,4-5,8-9H2,1-3H3/t15-/m1/s1. The van der Waals surface area contributed by atoms with Crippen molar-refractivity contribution in [3.63, 3.8) is 0 Å². The number of rotatable bonds is 4. The van der Waals surface area contributed by atoms with E-state index in [1.54, 1.807) is 17.7 Å². The monoisotopic (exact) mass is 358 g/mol. The maximum atomic E-state index is 10.3. The van der Waals surface area contributed by atoms with Gasteiger partial charge in [0.15, 0.2) is 0 Å². The summed E-state index contributed by atoms with van der Waals surface area (Å²) in [6.07, 6.45) is 1.08. The van der Waals surface area contributed by atoms with Crippen molar-refractivity contribution >= 4 is 27.4 Å². The summed E-state index contributed by atoms with van der Waals surface area (Å²) in [5.41, 5.74) is 1.85. The summed E-state index contributed by atoms with van der Waals surface area (Å²) in [4.78, 5) is 15.4. The molecule has 0 amide bonds. The zero-order valence-corrected chi connectivity index (χ0v) is 15.5. The minimum atomic E-state index is -0.563. The van der Waals surface area contributed by atoms with Crippen LogP contribution in [0.4, 0.5) is 5.82 Å². The number of nitrogens with zero attached hydrogens (tertiary/aromatic N) is 6. The van der Waals surface area contributed by atoms with E-state index in [1.165, 1.54) is 4.88 Å². The zero-order chi connectivity index (χ0) is 17.6. The highest BCUT2D eigenvalue weighted by atomic mass is 32.1. The Bertz CT molecular complexity index is 902. The van der Waals surface area contributed by atoms with E-state index >= 15 is 0 Å². The lowest BCUT2D eigenvalue weighted by molar-refractivity contribution is 0.133. The van der Waals surface area contributed by atoms with Crippen molar-refractivity contribution in [2.24, 2.45) is 0 Å². The van der Waals surface area contributed by atoms with Gasteiger partial charge in [-0.3, -0.25) is 4.68 Å². The molecule has 0 fully saturated rings. The van der Waals surface area contributed by atoms with E-state index in [0.29, 0.717) is 6.54 Å². The summed E-state index contributed by atoms with van der Waals surface area (Å²) < 4.78 is 2.00. The first-order chi connectivity index (χ1) is 12.0. The molecule has 1 aliphatic rings. The third-order valence-corrected chi connectivity index (χ3v) is 5.39. The summed E-state index contributed by atoms with van der Waals surface area (Å²) >= 11 is 1.70. The molecular weight excluding hydrogens is 336 g/mol. The first-order valence-corrected chi connectivity index (χ1v) is 9.18. The predicted octanol–water partition coefficient (Wildman–Crippen LogP) is 1.81. The average Bonchev–Trinajstić information content (AvgIpc) is 3.15. The van der Waals surface area contributed by atoms with Crippen LogP contribution in [0.5, 0.6) is 0 Å². The SMILES string of the molecule is Cc1cc2c(N3CCn4nc([C@H](O)CN(C)C)cc4C3)ncnc2s1. The molecule has 0 aliphatic carbocycles. The normalized spacial score (nSPS) is 15.8. The lowest BCUT2D eigenvalue weighted by Crippen LogP contribution is -2.34. The Morgan fingerprint density at radius 1 is 1.28 bits per heavy atom. The summed E-state index contributed by atoms with van der Waals surface area (Å²) in [6, 6.07) is 4.17. The predicted molar refractivity (Wildman–Crippen MR) is 98.9 cm³/mol.